The van der Waals surface area contributed by atoms with Crippen LogP contribution in [0.5, 0.6) is 0 Å². The van der Waals surface area contributed by atoms with Crippen molar-refractivity contribution in [3.05, 3.63) is 56.1 Å². The number of fused-ring (bicyclic) bond motifs is 1. The zero-order valence-corrected chi connectivity index (χ0v) is 14.2. The van der Waals surface area contributed by atoms with E-state index in [4.69, 9.17) is 0 Å². The molecule has 122 valence electrons. The van der Waals surface area contributed by atoms with E-state index in [1.54, 1.807) is 4.57 Å². The van der Waals surface area contributed by atoms with Gasteiger partial charge in [0.1, 0.15) is 0 Å². The monoisotopic (exact) mass is 330 g/mol. The van der Waals surface area contributed by atoms with E-state index >= 15 is 0 Å². The van der Waals surface area contributed by atoms with Crippen molar-refractivity contribution in [2.75, 3.05) is 6.54 Å². The summed E-state index contributed by atoms with van der Waals surface area (Å²) in [5, 5.41) is 4.88. The fraction of sp³-hybridized carbons (Fsp3) is 0.444. The average Bonchev–Trinajstić information content (AvgIpc) is 2.89. The topological polar surface area (TPSA) is 51.1 Å². The Morgan fingerprint density at radius 1 is 1.39 bits per heavy atom. The van der Waals surface area contributed by atoms with Crippen LogP contribution in [0.25, 0.3) is 0 Å². The van der Waals surface area contributed by atoms with Crippen LogP contribution in [-0.4, -0.2) is 17.0 Å². The number of rotatable bonds is 5. The molecule has 0 spiro atoms. The van der Waals surface area contributed by atoms with Gasteiger partial charge in [0.2, 0.25) is 5.91 Å². The van der Waals surface area contributed by atoms with Crippen LogP contribution in [0.15, 0.2) is 34.4 Å². The molecular weight excluding hydrogens is 308 g/mol. The second-order valence-electron chi connectivity index (χ2n) is 6.14. The van der Waals surface area contributed by atoms with Crippen LogP contribution in [-0.2, 0) is 17.8 Å². The number of hydrogen-bond donors (Lipinski definition) is 1. The van der Waals surface area contributed by atoms with Gasteiger partial charge < -0.3 is 9.88 Å². The normalized spacial score (nSPS) is 16.8. The summed E-state index contributed by atoms with van der Waals surface area (Å²) in [6.07, 6.45) is 3.80. The van der Waals surface area contributed by atoms with E-state index in [1.165, 1.54) is 28.9 Å². The van der Waals surface area contributed by atoms with Crippen molar-refractivity contribution in [2.24, 2.45) is 0 Å². The highest BCUT2D eigenvalue weighted by molar-refractivity contribution is 7.07. The molecule has 1 unspecified atom stereocenters. The molecule has 1 aliphatic rings. The third-order valence-electron chi connectivity index (χ3n) is 4.58. The number of thiazole rings is 1. The summed E-state index contributed by atoms with van der Waals surface area (Å²) in [6, 6.07) is 8.53. The largest absolute Gasteiger partial charge is 0.355 e. The first-order valence-electron chi connectivity index (χ1n) is 8.14. The van der Waals surface area contributed by atoms with Gasteiger partial charge in [0.15, 0.2) is 0 Å². The van der Waals surface area contributed by atoms with Crippen molar-refractivity contribution in [1.82, 2.24) is 9.88 Å². The van der Waals surface area contributed by atoms with Gasteiger partial charge in [-0.2, -0.15) is 0 Å². The number of amides is 1. The molecule has 3 rings (SSSR count). The molecule has 0 bridgehead atoms. The van der Waals surface area contributed by atoms with Crippen LogP contribution < -0.4 is 10.2 Å². The van der Waals surface area contributed by atoms with Crippen LogP contribution in [0.1, 0.15) is 42.0 Å². The van der Waals surface area contributed by atoms with Crippen LogP contribution in [0.3, 0.4) is 0 Å². The summed E-state index contributed by atoms with van der Waals surface area (Å²) < 4.78 is 1.67. The Kier molecular flexibility index (Phi) is 4.96. The van der Waals surface area contributed by atoms with Gasteiger partial charge in [0.05, 0.1) is 0 Å². The zero-order valence-electron chi connectivity index (χ0n) is 13.4. The van der Waals surface area contributed by atoms with E-state index in [2.05, 4.69) is 29.6 Å². The van der Waals surface area contributed by atoms with Gasteiger partial charge in [-0.1, -0.05) is 35.6 Å². The van der Waals surface area contributed by atoms with Gasteiger partial charge in [-0.15, -0.1) is 0 Å². The number of aryl methyl sites for hydroxylation is 2. The third-order valence-corrected chi connectivity index (χ3v) is 5.46. The molecule has 1 aliphatic carbocycles. The van der Waals surface area contributed by atoms with E-state index in [0.29, 0.717) is 25.4 Å². The summed E-state index contributed by atoms with van der Waals surface area (Å²) in [7, 11) is 0. The standard InChI is InChI=1S/C18H22N2O2S/c1-13-12-23-18(22)20(13)10-9-17(21)19-11-15-7-4-6-14-5-2-3-8-16(14)15/h2-3,5,8,12,15H,4,6-7,9-11H2,1H3,(H,19,21). The maximum absolute atomic E-state index is 12.1. The molecule has 0 fully saturated rings. The Labute approximate surface area is 140 Å². The van der Waals surface area contributed by atoms with Crippen LogP contribution in [0.2, 0.25) is 0 Å². The van der Waals surface area contributed by atoms with E-state index in [0.717, 1.165) is 18.5 Å². The molecule has 23 heavy (non-hydrogen) atoms. The molecule has 1 N–H and O–H groups in total. The third kappa shape index (κ3) is 3.72. The minimum Gasteiger partial charge on any atom is -0.355 e. The van der Waals surface area contributed by atoms with Crippen molar-refractivity contribution in [3.63, 3.8) is 0 Å². The molecule has 1 amide bonds. The van der Waals surface area contributed by atoms with Gasteiger partial charge in [0, 0.05) is 36.5 Å². The van der Waals surface area contributed by atoms with Crippen molar-refractivity contribution >= 4 is 17.2 Å². The number of benzene rings is 1. The minimum absolute atomic E-state index is 0.0107. The molecule has 0 saturated carbocycles. The molecule has 1 heterocycles. The lowest BCUT2D eigenvalue weighted by Gasteiger charge is -2.25. The highest BCUT2D eigenvalue weighted by atomic mass is 32.1. The zero-order chi connectivity index (χ0) is 16.2. The van der Waals surface area contributed by atoms with Gasteiger partial charge in [-0.25, -0.2) is 0 Å². The van der Waals surface area contributed by atoms with Crippen LogP contribution >= 0.6 is 11.3 Å². The van der Waals surface area contributed by atoms with Crippen molar-refractivity contribution in [2.45, 2.75) is 45.1 Å². The quantitative estimate of drug-likeness (QED) is 0.916. The molecule has 0 aliphatic heterocycles. The van der Waals surface area contributed by atoms with Crippen molar-refractivity contribution in [3.8, 4) is 0 Å². The lowest BCUT2D eigenvalue weighted by Crippen LogP contribution is -2.31. The first-order chi connectivity index (χ1) is 11.1. The van der Waals surface area contributed by atoms with Gasteiger partial charge in [-0.05, 0) is 37.3 Å². The molecular formula is C18H22N2O2S. The van der Waals surface area contributed by atoms with Gasteiger partial charge >= 0.3 is 4.87 Å². The number of nitrogens with one attached hydrogen (secondary N) is 1. The fourth-order valence-corrected chi connectivity index (χ4v) is 4.04. The summed E-state index contributed by atoms with van der Waals surface area (Å²) in [6.45, 7) is 3.05. The highest BCUT2D eigenvalue weighted by Gasteiger charge is 2.20. The van der Waals surface area contributed by atoms with Crippen LogP contribution in [0, 0.1) is 6.92 Å². The number of carbonyl (C=O) groups is 1. The van der Waals surface area contributed by atoms with E-state index in [9.17, 15) is 9.59 Å². The van der Waals surface area contributed by atoms with Crippen LogP contribution in [0.4, 0.5) is 0 Å². The first-order valence-corrected chi connectivity index (χ1v) is 9.02. The molecule has 2 aromatic rings. The number of nitrogens with zero attached hydrogens (tertiary/aromatic N) is 1. The maximum Gasteiger partial charge on any atom is 0.307 e. The summed E-state index contributed by atoms with van der Waals surface area (Å²) in [5.41, 5.74) is 3.72. The lowest BCUT2D eigenvalue weighted by atomic mass is 9.83. The molecule has 1 aromatic heterocycles. The molecule has 1 aromatic carbocycles. The predicted octanol–water partition coefficient (Wildman–Crippen LogP) is 2.84. The molecule has 1 atom stereocenters. The Hall–Kier alpha value is -1.88. The SMILES string of the molecule is Cc1csc(=O)n1CCC(=O)NCC1CCCc2ccccc21. The van der Waals surface area contributed by atoms with E-state index < -0.39 is 0 Å². The summed E-state index contributed by atoms with van der Waals surface area (Å²) in [5.74, 6) is 0.431. The first kappa shape index (κ1) is 16.0. The highest BCUT2D eigenvalue weighted by Crippen LogP contribution is 2.30. The second-order valence-corrected chi connectivity index (χ2v) is 6.96. The van der Waals surface area contributed by atoms with E-state index in [1.807, 2.05) is 12.3 Å². The lowest BCUT2D eigenvalue weighted by molar-refractivity contribution is -0.121. The van der Waals surface area contributed by atoms with Gasteiger partial charge in [-0.3, -0.25) is 9.59 Å². The Morgan fingerprint density at radius 3 is 3.00 bits per heavy atom. The van der Waals surface area contributed by atoms with Gasteiger partial charge in [0.25, 0.3) is 0 Å². The predicted molar refractivity (Wildman–Crippen MR) is 93.1 cm³/mol. The number of aromatic nitrogens is 1. The number of hydrogen-bond acceptors (Lipinski definition) is 3. The average molecular weight is 330 g/mol. The number of carbonyl (C=O) groups excluding carboxylic acids is 1. The summed E-state index contributed by atoms with van der Waals surface area (Å²) >= 11 is 1.19. The Balaban J connectivity index is 1.53. The fourth-order valence-electron chi connectivity index (χ4n) is 3.28. The van der Waals surface area contributed by atoms with E-state index in [-0.39, 0.29) is 10.8 Å². The van der Waals surface area contributed by atoms with Crippen molar-refractivity contribution < 1.29 is 4.79 Å². The molecule has 5 heteroatoms. The molecule has 4 nitrogen and oxygen atoms in total. The molecule has 0 radical (unpaired) electrons. The Bertz CT molecular complexity index is 747. The molecule has 0 saturated heterocycles. The second kappa shape index (κ2) is 7.13. The minimum atomic E-state index is 0.0107. The Morgan fingerprint density at radius 2 is 2.22 bits per heavy atom. The summed E-state index contributed by atoms with van der Waals surface area (Å²) in [4.78, 5) is 23.7. The maximum atomic E-state index is 12.1. The van der Waals surface area contributed by atoms with Crippen molar-refractivity contribution in [1.29, 1.82) is 0 Å². The smallest absolute Gasteiger partial charge is 0.307 e.